The smallest absolute Gasteiger partial charge is 0.411 e. The molecule has 0 aliphatic heterocycles. The molecule has 0 spiro atoms. The Morgan fingerprint density at radius 3 is 2.39 bits per heavy atom. The molecule has 0 unspecified atom stereocenters. The number of carboxylic acid groups (broad SMARTS) is 1. The van der Waals surface area contributed by atoms with Crippen LogP contribution in [-0.2, 0) is 6.42 Å². The molecule has 3 aromatic rings. The molecule has 142 valence electrons. The minimum Gasteiger partial charge on any atom is -0.465 e. The number of nitrogens with one attached hydrogen (secondary N) is 1. The molecule has 7 nitrogen and oxygen atoms in total. The fraction of sp³-hybridized carbons (Fsp3) is 0.100. The highest BCUT2D eigenvalue weighted by molar-refractivity contribution is 6.33. The molecule has 0 atom stereocenters. The summed E-state index contributed by atoms with van der Waals surface area (Å²) < 4.78 is 0. The highest BCUT2D eigenvalue weighted by Gasteiger charge is 2.15. The van der Waals surface area contributed by atoms with Crippen molar-refractivity contribution < 1.29 is 14.7 Å². The van der Waals surface area contributed by atoms with Gasteiger partial charge in [-0.15, -0.1) is 0 Å². The molecule has 0 aliphatic rings. The molecule has 0 aliphatic carbocycles. The summed E-state index contributed by atoms with van der Waals surface area (Å²) in [6.07, 6.45) is 2.60. The van der Waals surface area contributed by atoms with E-state index in [1.165, 1.54) is 11.1 Å². The van der Waals surface area contributed by atoms with Crippen molar-refractivity contribution in [2.24, 2.45) is 0 Å². The van der Waals surface area contributed by atoms with Crippen molar-refractivity contribution in [3.05, 3.63) is 83.4 Å². The first-order chi connectivity index (χ1) is 13.5. The third kappa shape index (κ3) is 4.83. The van der Waals surface area contributed by atoms with Crippen molar-refractivity contribution >= 4 is 35.0 Å². The van der Waals surface area contributed by atoms with Crippen LogP contribution in [0.2, 0.25) is 5.15 Å². The molecule has 28 heavy (non-hydrogen) atoms. The molecule has 2 N–H and O–H groups in total. The van der Waals surface area contributed by atoms with Gasteiger partial charge in [-0.05, 0) is 48.5 Å². The van der Waals surface area contributed by atoms with Crippen molar-refractivity contribution in [3.63, 3.8) is 0 Å². The Labute approximate surface area is 166 Å². The second-order valence-electron chi connectivity index (χ2n) is 5.85. The molecule has 1 aromatic carbocycles. The molecular weight excluding hydrogens is 380 g/mol. The van der Waals surface area contributed by atoms with E-state index in [1.54, 1.807) is 42.6 Å². The van der Waals surface area contributed by atoms with Gasteiger partial charge in [0.15, 0.2) is 0 Å². The van der Waals surface area contributed by atoms with Gasteiger partial charge in [0.25, 0.3) is 5.91 Å². The van der Waals surface area contributed by atoms with E-state index in [-0.39, 0.29) is 17.3 Å². The Bertz CT molecular complexity index is 965. The Morgan fingerprint density at radius 1 is 1.00 bits per heavy atom. The van der Waals surface area contributed by atoms with Crippen LogP contribution in [0.15, 0.2) is 67.0 Å². The van der Waals surface area contributed by atoms with Crippen LogP contribution in [0.4, 0.5) is 16.2 Å². The maximum atomic E-state index is 12.3. The van der Waals surface area contributed by atoms with Crippen molar-refractivity contribution in [2.45, 2.75) is 6.42 Å². The van der Waals surface area contributed by atoms with Crippen LogP contribution < -0.4 is 10.2 Å². The fourth-order valence-corrected chi connectivity index (χ4v) is 2.79. The summed E-state index contributed by atoms with van der Waals surface area (Å²) >= 11 is 5.92. The summed E-state index contributed by atoms with van der Waals surface area (Å²) in [7, 11) is 0. The number of rotatable bonds is 6. The standard InChI is InChI=1S/C20H17ClN4O3/c21-18-17(5-3-12-23-18)19(26)24-15-6-8-16(9-7-15)25(20(27)28)13-10-14-4-1-2-11-22-14/h1-9,11-12H,10,13H2,(H,24,26)(H,27,28). The number of aromatic nitrogens is 2. The Kier molecular flexibility index (Phi) is 6.18. The number of hydrogen-bond acceptors (Lipinski definition) is 4. The zero-order valence-electron chi connectivity index (χ0n) is 14.7. The van der Waals surface area contributed by atoms with E-state index in [0.717, 1.165) is 5.69 Å². The molecule has 0 fully saturated rings. The van der Waals surface area contributed by atoms with Gasteiger partial charge in [0.1, 0.15) is 5.15 Å². The predicted octanol–water partition coefficient (Wildman–Crippen LogP) is 4.11. The molecule has 0 saturated carbocycles. The van der Waals surface area contributed by atoms with Crippen molar-refractivity contribution in [1.82, 2.24) is 9.97 Å². The monoisotopic (exact) mass is 396 g/mol. The molecule has 0 bridgehead atoms. The third-order valence-electron chi connectivity index (χ3n) is 3.99. The lowest BCUT2D eigenvalue weighted by atomic mass is 10.2. The van der Waals surface area contributed by atoms with E-state index in [1.807, 2.05) is 18.2 Å². The number of hydrogen-bond donors (Lipinski definition) is 2. The van der Waals surface area contributed by atoms with Gasteiger partial charge < -0.3 is 10.4 Å². The van der Waals surface area contributed by atoms with Crippen LogP contribution in [0.5, 0.6) is 0 Å². The van der Waals surface area contributed by atoms with Gasteiger partial charge in [-0.25, -0.2) is 9.78 Å². The first-order valence-corrected chi connectivity index (χ1v) is 8.84. The van der Waals surface area contributed by atoms with Crippen molar-refractivity contribution in [2.75, 3.05) is 16.8 Å². The lowest BCUT2D eigenvalue weighted by Gasteiger charge is -2.19. The van der Waals surface area contributed by atoms with E-state index in [0.29, 0.717) is 17.8 Å². The summed E-state index contributed by atoms with van der Waals surface area (Å²) in [4.78, 5) is 33.2. The van der Waals surface area contributed by atoms with Crippen LogP contribution in [-0.4, -0.2) is 33.6 Å². The molecule has 2 heterocycles. The number of carbonyl (C=O) groups excluding carboxylic acids is 1. The van der Waals surface area contributed by atoms with Gasteiger partial charge in [-0.3, -0.25) is 14.7 Å². The van der Waals surface area contributed by atoms with Crippen LogP contribution in [0, 0.1) is 0 Å². The molecule has 3 rings (SSSR count). The maximum Gasteiger partial charge on any atom is 0.411 e. The van der Waals surface area contributed by atoms with Crippen LogP contribution >= 0.6 is 11.6 Å². The summed E-state index contributed by atoms with van der Waals surface area (Å²) in [5, 5.41) is 12.3. The normalized spacial score (nSPS) is 10.3. The van der Waals surface area contributed by atoms with Gasteiger partial charge >= 0.3 is 6.09 Å². The quantitative estimate of drug-likeness (QED) is 0.611. The number of carbonyl (C=O) groups is 2. The maximum absolute atomic E-state index is 12.3. The lowest BCUT2D eigenvalue weighted by Crippen LogP contribution is -2.31. The molecule has 0 saturated heterocycles. The zero-order chi connectivity index (χ0) is 19.9. The second-order valence-corrected chi connectivity index (χ2v) is 6.21. The summed E-state index contributed by atoms with van der Waals surface area (Å²) in [6, 6.07) is 15.2. The average Bonchev–Trinajstić information content (AvgIpc) is 2.70. The number of benzene rings is 1. The summed E-state index contributed by atoms with van der Waals surface area (Å²) in [5.41, 5.74) is 2.09. The minimum atomic E-state index is -1.06. The molecule has 0 radical (unpaired) electrons. The molecular formula is C20H17ClN4O3. The van der Waals surface area contributed by atoms with Gasteiger partial charge in [0, 0.05) is 42.4 Å². The van der Waals surface area contributed by atoms with Crippen LogP contribution in [0.1, 0.15) is 16.1 Å². The third-order valence-corrected chi connectivity index (χ3v) is 4.29. The average molecular weight is 397 g/mol. The Morgan fingerprint density at radius 2 is 1.75 bits per heavy atom. The van der Waals surface area contributed by atoms with E-state index < -0.39 is 12.0 Å². The SMILES string of the molecule is O=C(Nc1ccc(N(CCc2ccccn2)C(=O)O)cc1)c1cccnc1Cl. The number of halogens is 1. The van der Waals surface area contributed by atoms with E-state index in [9.17, 15) is 14.7 Å². The van der Waals surface area contributed by atoms with Gasteiger partial charge in [-0.2, -0.15) is 0 Å². The predicted molar refractivity (Wildman–Crippen MR) is 107 cm³/mol. The zero-order valence-corrected chi connectivity index (χ0v) is 15.5. The van der Waals surface area contributed by atoms with E-state index >= 15 is 0 Å². The summed E-state index contributed by atoms with van der Waals surface area (Å²) in [6.45, 7) is 0.267. The van der Waals surface area contributed by atoms with Gasteiger partial charge in [0.2, 0.25) is 0 Å². The Balaban J connectivity index is 1.68. The first-order valence-electron chi connectivity index (χ1n) is 8.47. The fourth-order valence-electron chi connectivity index (χ4n) is 2.59. The number of pyridine rings is 2. The van der Waals surface area contributed by atoms with Gasteiger partial charge in [0.05, 0.1) is 5.56 Å². The summed E-state index contributed by atoms with van der Waals surface area (Å²) in [5.74, 6) is -0.393. The molecule has 2 aromatic heterocycles. The number of anilines is 2. The first kappa shape index (κ1) is 19.3. The van der Waals surface area contributed by atoms with E-state index in [4.69, 9.17) is 11.6 Å². The number of nitrogens with zero attached hydrogens (tertiary/aromatic N) is 3. The largest absolute Gasteiger partial charge is 0.465 e. The van der Waals surface area contributed by atoms with Gasteiger partial charge in [-0.1, -0.05) is 17.7 Å². The number of amides is 2. The van der Waals surface area contributed by atoms with Crippen molar-refractivity contribution in [3.8, 4) is 0 Å². The molecule has 8 heteroatoms. The minimum absolute atomic E-state index is 0.114. The van der Waals surface area contributed by atoms with Crippen LogP contribution in [0.25, 0.3) is 0 Å². The molecule has 2 amide bonds. The highest BCUT2D eigenvalue weighted by Crippen LogP contribution is 2.20. The topological polar surface area (TPSA) is 95.4 Å². The Hall–Kier alpha value is -3.45. The lowest BCUT2D eigenvalue weighted by molar-refractivity contribution is 0.102. The highest BCUT2D eigenvalue weighted by atomic mass is 35.5. The second kappa shape index (κ2) is 8.96. The van der Waals surface area contributed by atoms with Crippen molar-refractivity contribution in [1.29, 1.82) is 0 Å². The van der Waals surface area contributed by atoms with E-state index in [2.05, 4.69) is 15.3 Å². The van der Waals surface area contributed by atoms with Crippen LogP contribution in [0.3, 0.4) is 0 Å².